The zero-order valence-corrected chi connectivity index (χ0v) is 12.1. The van der Waals surface area contributed by atoms with Crippen molar-refractivity contribution in [3.05, 3.63) is 28.8 Å². The van der Waals surface area contributed by atoms with Crippen molar-refractivity contribution in [2.24, 2.45) is 0 Å². The Kier molecular flexibility index (Phi) is 5.28. The summed E-state index contributed by atoms with van der Waals surface area (Å²) >= 11 is 5.65. The molecule has 3 nitrogen and oxygen atoms in total. The molecule has 20 heavy (non-hydrogen) atoms. The van der Waals surface area contributed by atoms with E-state index in [1.165, 1.54) is 11.0 Å². The van der Waals surface area contributed by atoms with Crippen LogP contribution in [0.2, 0.25) is 5.02 Å². The second kappa shape index (κ2) is 6.35. The molecule has 0 saturated heterocycles. The SMILES string of the molecule is CC(C)N(C)C(=O)CNc1cc(Cl)cc(C(F)(F)F)c1. The van der Waals surface area contributed by atoms with Gasteiger partial charge in [0.15, 0.2) is 0 Å². The lowest BCUT2D eigenvalue weighted by Crippen LogP contribution is -2.37. The van der Waals surface area contributed by atoms with E-state index in [2.05, 4.69) is 5.32 Å². The second-order valence-electron chi connectivity index (χ2n) is 4.68. The minimum absolute atomic E-state index is 0.0226. The molecule has 0 unspecified atom stereocenters. The summed E-state index contributed by atoms with van der Waals surface area (Å²) in [6.45, 7) is 3.60. The summed E-state index contributed by atoms with van der Waals surface area (Å²) in [6, 6.07) is 3.14. The van der Waals surface area contributed by atoms with Gasteiger partial charge in [0.05, 0.1) is 12.1 Å². The van der Waals surface area contributed by atoms with E-state index in [4.69, 9.17) is 11.6 Å². The van der Waals surface area contributed by atoms with Crippen LogP contribution in [0.4, 0.5) is 18.9 Å². The van der Waals surface area contributed by atoms with Crippen molar-refractivity contribution in [2.45, 2.75) is 26.1 Å². The summed E-state index contributed by atoms with van der Waals surface area (Å²) in [4.78, 5) is 13.2. The van der Waals surface area contributed by atoms with Gasteiger partial charge in [-0.3, -0.25) is 4.79 Å². The van der Waals surface area contributed by atoms with Gasteiger partial charge < -0.3 is 10.2 Å². The van der Waals surface area contributed by atoms with Gasteiger partial charge in [0.2, 0.25) is 5.91 Å². The van der Waals surface area contributed by atoms with Crippen LogP contribution < -0.4 is 5.32 Å². The van der Waals surface area contributed by atoms with Gasteiger partial charge in [-0.15, -0.1) is 0 Å². The lowest BCUT2D eigenvalue weighted by atomic mass is 10.2. The second-order valence-corrected chi connectivity index (χ2v) is 5.11. The van der Waals surface area contributed by atoms with Gasteiger partial charge in [-0.1, -0.05) is 11.6 Å². The van der Waals surface area contributed by atoms with Crippen LogP contribution in [0, 0.1) is 0 Å². The number of rotatable bonds is 4. The molecule has 1 aromatic rings. The Labute approximate surface area is 120 Å². The van der Waals surface area contributed by atoms with Crippen molar-refractivity contribution in [1.29, 1.82) is 0 Å². The summed E-state index contributed by atoms with van der Waals surface area (Å²) in [7, 11) is 1.63. The molecule has 7 heteroatoms. The molecular weight excluding hydrogens is 293 g/mol. The molecule has 0 aliphatic carbocycles. The first-order valence-electron chi connectivity index (χ1n) is 5.98. The van der Waals surface area contributed by atoms with Crippen LogP contribution in [0.5, 0.6) is 0 Å². The maximum Gasteiger partial charge on any atom is 0.416 e. The summed E-state index contributed by atoms with van der Waals surface area (Å²) in [5.74, 6) is -0.214. The van der Waals surface area contributed by atoms with Crippen LogP contribution in [0.25, 0.3) is 0 Å². The molecule has 1 aromatic carbocycles. The fourth-order valence-corrected chi connectivity index (χ4v) is 1.68. The molecule has 0 aliphatic rings. The van der Waals surface area contributed by atoms with Crippen molar-refractivity contribution in [3.63, 3.8) is 0 Å². The topological polar surface area (TPSA) is 32.3 Å². The number of nitrogens with one attached hydrogen (secondary N) is 1. The summed E-state index contributed by atoms with van der Waals surface area (Å²) in [5.41, 5.74) is -0.688. The predicted octanol–water partition coefficient (Wildman–Crippen LogP) is 3.64. The van der Waals surface area contributed by atoms with Crippen molar-refractivity contribution < 1.29 is 18.0 Å². The third-order valence-electron chi connectivity index (χ3n) is 2.84. The number of hydrogen-bond acceptors (Lipinski definition) is 2. The monoisotopic (exact) mass is 308 g/mol. The predicted molar refractivity (Wildman–Crippen MR) is 72.8 cm³/mol. The maximum absolute atomic E-state index is 12.6. The molecule has 0 spiro atoms. The lowest BCUT2D eigenvalue weighted by Gasteiger charge is -2.22. The summed E-state index contributed by atoms with van der Waals surface area (Å²) in [6.07, 6.45) is -4.47. The van der Waals surface area contributed by atoms with E-state index in [9.17, 15) is 18.0 Å². The minimum Gasteiger partial charge on any atom is -0.376 e. The smallest absolute Gasteiger partial charge is 0.376 e. The van der Waals surface area contributed by atoms with E-state index < -0.39 is 11.7 Å². The molecule has 1 N–H and O–H groups in total. The summed E-state index contributed by atoms with van der Waals surface area (Å²) < 4.78 is 37.9. The van der Waals surface area contributed by atoms with Gasteiger partial charge in [0, 0.05) is 23.8 Å². The number of anilines is 1. The molecule has 1 rings (SSSR count). The Morgan fingerprint density at radius 1 is 1.35 bits per heavy atom. The molecule has 112 valence electrons. The Bertz CT molecular complexity index is 489. The molecule has 0 aliphatic heterocycles. The van der Waals surface area contributed by atoms with E-state index in [1.807, 2.05) is 13.8 Å². The van der Waals surface area contributed by atoms with E-state index in [-0.39, 0.29) is 29.2 Å². The highest BCUT2D eigenvalue weighted by Crippen LogP contribution is 2.33. The number of benzene rings is 1. The highest BCUT2D eigenvalue weighted by Gasteiger charge is 2.31. The molecule has 0 radical (unpaired) electrons. The number of carbonyl (C=O) groups is 1. The summed E-state index contributed by atoms with van der Waals surface area (Å²) in [5, 5.41) is 2.62. The molecule has 0 atom stereocenters. The highest BCUT2D eigenvalue weighted by atomic mass is 35.5. The Hall–Kier alpha value is -1.43. The van der Waals surface area contributed by atoms with Gasteiger partial charge in [0.25, 0.3) is 0 Å². The van der Waals surface area contributed by atoms with Crippen LogP contribution >= 0.6 is 11.6 Å². The zero-order chi connectivity index (χ0) is 15.5. The fourth-order valence-electron chi connectivity index (χ4n) is 1.45. The number of halogens is 4. The van der Waals surface area contributed by atoms with Crippen LogP contribution in [0.3, 0.4) is 0 Å². The van der Waals surface area contributed by atoms with E-state index in [0.29, 0.717) is 0 Å². The maximum atomic E-state index is 12.6. The number of nitrogens with zero attached hydrogens (tertiary/aromatic N) is 1. The first-order chi connectivity index (χ1) is 9.11. The van der Waals surface area contributed by atoms with Gasteiger partial charge in [-0.05, 0) is 32.0 Å². The number of amides is 1. The van der Waals surface area contributed by atoms with Crippen molar-refractivity contribution >= 4 is 23.2 Å². The van der Waals surface area contributed by atoms with Gasteiger partial charge in [-0.25, -0.2) is 0 Å². The van der Waals surface area contributed by atoms with Crippen LogP contribution in [-0.2, 0) is 11.0 Å². The molecule has 0 aromatic heterocycles. The lowest BCUT2D eigenvalue weighted by molar-refractivity contribution is -0.137. The Balaban J connectivity index is 2.79. The molecule has 0 saturated carbocycles. The average Bonchev–Trinajstić information content (AvgIpc) is 2.33. The largest absolute Gasteiger partial charge is 0.416 e. The molecule has 0 heterocycles. The van der Waals surface area contributed by atoms with Crippen LogP contribution in [-0.4, -0.2) is 30.4 Å². The van der Waals surface area contributed by atoms with Crippen LogP contribution in [0.1, 0.15) is 19.4 Å². The Morgan fingerprint density at radius 2 is 1.95 bits per heavy atom. The van der Waals surface area contributed by atoms with E-state index in [1.54, 1.807) is 7.05 Å². The molecular formula is C13H16ClF3N2O. The van der Waals surface area contributed by atoms with Crippen molar-refractivity contribution in [2.75, 3.05) is 18.9 Å². The number of likely N-dealkylation sites (N-methyl/N-ethyl adjacent to an activating group) is 1. The molecule has 1 amide bonds. The number of hydrogen-bond donors (Lipinski definition) is 1. The Morgan fingerprint density at radius 3 is 2.45 bits per heavy atom. The highest BCUT2D eigenvalue weighted by molar-refractivity contribution is 6.30. The number of alkyl halides is 3. The van der Waals surface area contributed by atoms with E-state index in [0.717, 1.165) is 12.1 Å². The molecule has 0 bridgehead atoms. The first kappa shape index (κ1) is 16.6. The normalized spacial score (nSPS) is 11.6. The third-order valence-corrected chi connectivity index (χ3v) is 3.06. The van der Waals surface area contributed by atoms with Crippen LogP contribution in [0.15, 0.2) is 18.2 Å². The van der Waals surface area contributed by atoms with Gasteiger partial charge >= 0.3 is 6.18 Å². The van der Waals surface area contributed by atoms with Crippen molar-refractivity contribution in [3.8, 4) is 0 Å². The fraction of sp³-hybridized carbons (Fsp3) is 0.462. The zero-order valence-electron chi connectivity index (χ0n) is 11.4. The first-order valence-corrected chi connectivity index (χ1v) is 6.36. The third kappa shape index (κ3) is 4.59. The number of carbonyl (C=O) groups excluding carboxylic acids is 1. The van der Waals surface area contributed by atoms with Gasteiger partial charge in [0.1, 0.15) is 0 Å². The average molecular weight is 309 g/mol. The standard InChI is InChI=1S/C13H16ClF3N2O/c1-8(2)19(3)12(20)7-18-11-5-9(13(15,16)17)4-10(14)6-11/h4-6,8,18H,7H2,1-3H3. The van der Waals surface area contributed by atoms with Crippen molar-refractivity contribution in [1.82, 2.24) is 4.90 Å². The minimum atomic E-state index is -4.47. The quantitative estimate of drug-likeness (QED) is 0.921. The molecule has 0 fully saturated rings. The van der Waals surface area contributed by atoms with E-state index >= 15 is 0 Å². The van der Waals surface area contributed by atoms with Gasteiger partial charge in [-0.2, -0.15) is 13.2 Å².